The van der Waals surface area contributed by atoms with E-state index in [1.165, 1.54) is 0 Å². The maximum atomic E-state index is 12.7. The molecule has 5 N–H and O–H groups in total. The molecule has 2 saturated carbocycles. The van der Waals surface area contributed by atoms with Crippen LogP contribution in [0.3, 0.4) is 0 Å². The van der Waals surface area contributed by atoms with Crippen molar-refractivity contribution < 1.29 is 30.3 Å². The molecule has 4 aliphatic rings. The predicted molar refractivity (Wildman–Crippen MR) is 92.8 cm³/mol. The number of carbonyl (C=O) groups excluding carboxylic acids is 1. The van der Waals surface area contributed by atoms with E-state index < -0.39 is 57.8 Å². The van der Waals surface area contributed by atoms with Crippen LogP contribution in [-0.2, 0) is 4.79 Å². The van der Waals surface area contributed by atoms with Crippen molar-refractivity contribution in [2.75, 3.05) is 6.61 Å². The number of rotatable bonds is 1. The molecule has 144 valence electrons. The molecule has 6 nitrogen and oxygen atoms in total. The van der Waals surface area contributed by atoms with E-state index >= 15 is 0 Å². The van der Waals surface area contributed by atoms with E-state index in [1.807, 2.05) is 13.8 Å². The molecule has 2 fully saturated rings. The van der Waals surface area contributed by atoms with Crippen molar-refractivity contribution in [3.8, 4) is 0 Å². The molecule has 8 atom stereocenters. The number of aliphatic hydroxyl groups is 5. The molecule has 0 heterocycles. The molecular formula is C20H28O6. The van der Waals surface area contributed by atoms with Gasteiger partial charge in [0.15, 0.2) is 5.78 Å². The first kappa shape index (κ1) is 18.3. The van der Waals surface area contributed by atoms with E-state index in [1.54, 1.807) is 26.0 Å². The van der Waals surface area contributed by atoms with Gasteiger partial charge in [-0.2, -0.15) is 0 Å². The van der Waals surface area contributed by atoms with Crippen molar-refractivity contribution >= 4 is 5.78 Å². The summed E-state index contributed by atoms with van der Waals surface area (Å²) in [5.74, 6) is -3.14. The lowest BCUT2D eigenvalue weighted by molar-refractivity contribution is -0.209. The average molecular weight is 364 g/mol. The Morgan fingerprint density at radius 1 is 1.19 bits per heavy atom. The molecule has 26 heavy (non-hydrogen) atoms. The van der Waals surface area contributed by atoms with Crippen molar-refractivity contribution in [3.05, 3.63) is 23.3 Å². The van der Waals surface area contributed by atoms with Crippen molar-refractivity contribution in [2.45, 2.75) is 57.0 Å². The summed E-state index contributed by atoms with van der Waals surface area (Å²) < 4.78 is 0. The van der Waals surface area contributed by atoms with Crippen LogP contribution in [0.15, 0.2) is 23.3 Å². The fourth-order valence-corrected chi connectivity index (χ4v) is 6.45. The van der Waals surface area contributed by atoms with Crippen molar-refractivity contribution in [3.63, 3.8) is 0 Å². The van der Waals surface area contributed by atoms with Gasteiger partial charge in [0.05, 0.1) is 18.3 Å². The minimum atomic E-state index is -1.84. The Bertz CT molecular complexity index is 753. The summed E-state index contributed by atoms with van der Waals surface area (Å²) in [4.78, 5) is 12.7. The third-order valence-corrected chi connectivity index (χ3v) is 8.04. The Kier molecular flexibility index (Phi) is 3.42. The van der Waals surface area contributed by atoms with Gasteiger partial charge < -0.3 is 25.5 Å². The monoisotopic (exact) mass is 364 g/mol. The van der Waals surface area contributed by atoms with Crippen LogP contribution in [0.25, 0.3) is 0 Å². The average Bonchev–Trinajstić information content (AvgIpc) is 2.97. The van der Waals surface area contributed by atoms with Gasteiger partial charge in [-0.15, -0.1) is 0 Å². The van der Waals surface area contributed by atoms with Crippen LogP contribution in [0.1, 0.15) is 34.1 Å². The zero-order valence-electron chi connectivity index (χ0n) is 15.6. The largest absolute Gasteiger partial charge is 0.392 e. The molecule has 6 heteroatoms. The van der Waals surface area contributed by atoms with Gasteiger partial charge in [0.25, 0.3) is 0 Å². The maximum absolute atomic E-state index is 12.7. The van der Waals surface area contributed by atoms with Gasteiger partial charge in [0.1, 0.15) is 11.2 Å². The molecular weight excluding hydrogens is 336 g/mol. The van der Waals surface area contributed by atoms with Gasteiger partial charge in [0.2, 0.25) is 0 Å². The number of fused-ring (bicyclic) bond motifs is 5. The summed E-state index contributed by atoms with van der Waals surface area (Å²) in [6.07, 6.45) is 2.08. The molecule has 0 unspecified atom stereocenters. The summed E-state index contributed by atoms with van der Waals surface area (Å²) in [5.41, 5.74) is -4.57. The SMILES string of the molecule is CC1=C[C@H]2[C@]3(O)[C@H](C)[C@@H](O)[C@@]4(O)[C@H]([C@@H]3C=C(CO)C[C@]2(O)C1=O)C4(C)C. The minimum Gasteiger partial charge on any atom is -0.392 e. The number of aliphatic hydroxyl groups excluding tert-OH is 2. The Morgan fingerprint density at radius 2 is 1.81 bits per heavy atom. The van der Waals surface area contributed by atoms with E-state index in [0.717, 1.165) is 0 Å². The minimum absolute atomic E-state index is 0.0615. The van der Waals surface area contributed by atoms with E-state index in [2.05, 4.69) is 0 Å². The quantitative estimate of drug-likeness (QED) is 0.416. The van der Waals surface area contributed by atoms with Crippen LogP contribution in [0.5, 0.6) is 0 Å². The van der Waals surface area contributed by atoms with Crippen LogP contribution in [0, 0.1) is 29.1 Å². The van der Waals surface area contributed by atoms with Crippen LogP contribution in [-0.4, -0.2) is 60.8 Å². The smallest absolute Gasteiger partial charge is 0.190 e. The zero-order chi connectivity index (χ0) is 19.4. The summed E-state index contributed by atoms with van der Waals surface area (Å²) >= 11 is 0. The van der Waals surface area contributed by atoms with E-state index in [4.69, 9.17) is 0 Å². The van der Waals surface area contributed by atoms with Gasteiger partial charge in [0, 0.05) is 35.5 Å². The van der Waals surface area contributed by atoms with Crippen LogP contribution >= 0.6 is 0 Å². The van der Waals surface area contributed by atoms with Gasteiger partial charge in [-0.25, -0.2) is 0 Å². The number of carbonyl (C=O) groups is 1. The van der Waals surface area contributed by atoms with Crippen molar-refractivity contribution in [2.24, 2.45) is 29.1 Å². The van der Waals surface area contributed by atoms with Gasteiger partial charge >= 0.3 is 0 Å². The summed E-state index contributed by atoms with van der Waals surface area (Å²) in [7, 11) is 0. The molecule has 4 rings (SSSR count). The molecule has 0 aromatic carbocycles. The van der Waals surface area contributed by atoms with E-state index in [-0.39, 0.29) is 13.0 Å². The number of ketones is 1. The molecule has 4 aliphatic carbocycles. The predicted octanol–water partition coefficient (Wildman–Crippen LogP) is -0.0699. The second-order valence-corrected chi connectivity index (χ2v) is 9.41. The highest BCUT2D eigenvalue weighted by Crippen LogP contribution is 2.74. The zero-order valence-corrected chi connectivity index (χ0v) is 15.6. The Labute approximate surface area is 152 Å². The fraction of sp³-hybridized carbons (Fsp3) is 0.750. The molecule has 0 bridgehead atoms. The normalized spacial score (nSPS) is 54.5. The number of hydrogen-bond acceptors (Lipinski definition) is 6. The van der Waals surface area contributed by atoms with Gasteiger partial charge in [-0.05, 0) is 18.1 Å². The second kappa shape index (κ2) is 4.86. The third-order valence-electron chi connectivity index (χ3n) is 8.04. The molecule has 0 aliphatic heterocycles. The first-order valence-corrected chi connectivity index (χ1v) is 9.27. The number of hydrogen-bond donors (Lipinski definition) is 5. The Morgan fingerprint density at radius 3 is 2.38 bits per heavy atom. The topological polar surface area (TPSA) is 118 Å². The Balaban J connectivity index is 1.96. The van der Waals surface area contributed by atoms with Gasteiger partial charge in [-0.1, -0.05) is 32.9 Å². The highest BCUT2D eigenvalue weighted by atomic mass is 16.4. The standard InChI is InChI=1S/C20H28O6/c1-9-5-13-18(24,15(9)22)7-11(8-21)6-12-14-17(3,4)20(14,26)16(23)10(2)19(12,13)25/h5-6,10,12-14,16,21,23-26H,7-8H2,1-4H3/t10-,12+,13-,14-,16-,18-,19+,20+/m1/s1. The molecule has 0 amide bonds. The molecule has 0 aromatic heterocycles. The van der Waals surface area contributed by atoms with Crippen molar-refractivity contribution in [1.82, 2.24) is 0 Å². The van der Waals surface area contributed by atoms with E-state index in [9.17, 15) is 30.3 Å². The van der Waals surface area contributed by atoms with Crippen LogP contribution in [0.2, 0.25) is 0 Å². The fourth-order valence-electron chi connectivity index (χ4n) is 6.45. The molecule has 0 saturated heterocycles. The van der Waals surface area contributed by atoms with Crippen LogP contribution < -0.4 is 0 Å². The van der Waals surface area contributed by atoms with Crippen molar-refractivity contribution in [1.29, 1.82) is 0 Å². The summed E-state index contributed by atoms with van der Waals surface area (Å²) in [6.45, 7) is 6.63. The lowest BCUT2D eigenvalue weighted by Crippen LogP contribution is -2.65. The lowest BCUT2D eigenvalue weighted by atomic mass is 9.59. The second-order valence-electron chi connectivity index (χ2n) is 9.41. The molecule has 0 spiro atoms. The first-order chi connectivity index (χ1) is 11.9. The summed E-state index contributed by atoms with van der Waals surface area (Å²) in [6, 6.07) is 0. The maximum Gasteiger partial charge on any atom is 0.190 e. The van der Waals surface area contributed by atoms with Gasteiger partial charge in [-0.3, -0.25) is 4.79 Å². The Hall–Kier alpha value is -1.05. The highest BCUT2D eigenvalue weighted by Gasteiger charge is 2.84. The molecule has 0 aromatic rings. The third kappa shape index (κ3) is 1.69. The first-order valence-electron chi connectivity index (χ1n) is 9.27. The van der Waals surface area contributed by atoms with Crippen LogP contribution in [0.4, 0.5) is 0 Å². The lowest BCUT2D eigenvalue weighted by Gasteiger charge is -2.51. The van der Waals surface area contributed by atoms with E-state index in [0.29, 0.717) is 11.1 Å². The number of Topliss-reactive ketones (excluding diaryl/α,β-unsaturated/α-hetero) is 1. The molecule has 0 radical (unpaired) electrons. The summed E-state index contributed by atoms with van der Waals surface area (Å²) in [5, 5.41) is 54.9. The highest BCUT2D eigenvalue weighted by molar-refractivity contribution is 6.04.